The molecule has 0 aromatic heterocycles. The molecular weight excluding hydrogens is 200 g/mol. The predicted molar refractivity (Wildman–Crippen MR) is 67.0 cm³/mol. The first kappa shape index (κ1) is 13.5. The van der Waals surface area contributed by atoms with Crippen LogP contribution in [0.5, 0.6) is 0 Å². The molecule has 2 N–H and O–H groups in total. The summed E-state index contributed by atoms with van der Waals surface area (Å²) in [4.78, 5) is 14.0. The van der Waals surface area contributed by atoms with Crippen LogP contribution in [0, 0.1) is 11.8 Å². The van der Waals surface area contributed by atoms with Gasteiger partial charge >= 0.3 is 0 Å². The van der Waals surface area contributed by atoms with Gasteiger partial charge in [-0.05, 0) is 31.6 Å². The van der Waals surface area contributed by atoms with Gasteiger partial charge in [0, 0.05) is 25.6 Å². The van der Waals surface area contributed by atoms with E-state index in [1.165, 1.54) is 0 Å². The molecule has 0 saturated heterocycles. The van der Waals surface area contributed by atoms with Crippen LogP contribution in [0.1, 0.15) is 46.0 Å². The van der Waals surface area contributed by atoms with Gasteiger partial charge in [0.05, 0.1) is 0 Å². The Labute approximate surface area is 99.4 Å². The van der Waals surface area contributed by atoms with E-state index in [9.17, 15) is 4.79 Å². The van der Waals surface area contributed by atoms with E-state index in [2.05, 4.69) is 13.8 Å². The number of unbranched alkanes of at least 4 members (excludes halogenated alkanes) is 1. The highest BCUT2D eigenvalue weighted by Crippen LogP contribution is 2.29. The number of hydrogen-bond donors (Lipinski definition) is 1. The van der Waals surface area contributed by atoms with Gasteiger partial charge in [-0.3, -0.25) is 4.79 Å². The molecule has 1 amide bonds. The van der Waals surface area contributed by atoms with Crippen LogP contribution in [0.3, 0.4) is 0 Å². The van der Waals surface area contributed by atoms with Crippen molar-refractivity contribution in [2.45, 2.75) is 52.0 Å². The lowest BCUT2D eigenvalue weighted by atomic mass is 9.79. The minimum atomic E-state index is 0.219. The zero-order valence-corrected chi connectivity index (χ0v) is 10.9. The second-order valence-electron chi connectivity index (χ2n) is 5.26. The Morgan fingerprint density at radius 2 is 2.12 bits per heavy atom. The Morgan fingerprint density at radius 1 is 1.44 bits per heavy atom. The molecule has 16 heavy (non-hydrogen) atoms. The van der Waals surface area contributed by atoms with Crippen molar-refractivity contribution >= 4 is 5.91 Å². The number of hydrogen-bond acceptors (Lipinski definition) is 2. The molecule has 1 aliphatic carbocycles. The molecule has 3 atom stereocenters. The molecule has 1 fully saturated rings. The Morgan fingerprint density at radius 3 is 2.69 bits per heavy atom. The van der Waals surface area contributed by atoms with Gasteiger partial charge in [-0.2, -0.15) is 0 Å². The molecule has 3 nitrogen and oxygen atoms in total. The van der Waals surface area contributed by atoms with Crippen LogP contribution in [0.4, 0.5) is 0 Å². The van der Waals surface area contributed by atoms with Gasteiger partial charge in [-0.25, -0.2) is 0 Å². The largest absolute Gasteiger partial charge is 0.346 e. The van der Waals surface area contributed by atoms with E-state index in [1.54, 1.807) is 0 Å². The maximum atomic E-state index is 12.1. The fraction of sp³-hybridized carbons (Fsp3) is 0.923. The quantitative estimate of drug-likeness (QED) is 0.797. The summed E-state index contributed by atoms with van der Waals surface area (Å²) in [6, 6.07) is 0.296. The van der Waals surface area contributed by atoms with E-state index >= 15 is 0 Å². The summed E-state index contributed by atoms with van der Waals surface area (Å²) >= 11 is 0. The van der Waals surface area contributed by atoms with Gasteiger partial charge < -0.3 is 10.6 Å². The maximum absolute atomic E-state index is 12.1. The SMILES string of the molecule is CCCCN(C)C(=O)C1CCC(N)C(C)C1. The van der Waals surface area contributed by atoms with E-state index in [4.69, 9.17) is 5.73 Å². The first-order chi connectivity index (χ1) is 7.56. The summed E-state index contributed by atoms with van der Waals surface area (Å²) < 4.78 is 0. The van der Waals surface area contributed by atoms with E-state index < -0.39 is 0 Å². The fourth-order valence-corrected chi connectivity index (χ4v) is 2.46. The lowest BCUT2D eigenvalue weighted by Gasteiger charge is -2.33. The lowest BCUT2D eigenvalue weighted by molar-refractivity contribution is -0.135. The van der Waals surface area contributed by atoms with Crippen molar-refractivity contribution in [3.63, 3.8) is 0 Å². The number of rotatable bonds is 4. The van der Waals surface area contributed by atoms with Crippen molar-refractivity contribution < 1.29 is 4.79 Å². The normalized spacial score (nSPS) is 30.1. The Hall–Kier alpha value is -0.570. The molecule has 0 radical (unpaired) electrons. The maximum Gasteiger partial charge on any atom is 0.225 e. The molecule has 0 bridgehead atoms. The first-order valence-electron chi connectivity index (χ1n) is 6.56. The molecule has 0 aromatic rings. The van der Waals surface area contributed by atoms with Gasteiger partial charge in [0.25, 0.3) is 0 Å². The molecule has 0 aliphatic heterocycles. The average Bonchev–Trinajstić information content (AvgIpc) is 2.28. The number of carbonyl (C=O) groups is 1. The Kier molecular flexibility index (Phi) is 5.26. The van der Waals surface area contributed by atoms with Gasteiger partial charge in [0.1, 0.15) is 0 Å². The third kappa shape index (κ3) is 3.48. The van der Waals surface area contributed by atoms with Crippen molar-refractivity contribution in [1.82, 2.24) is 4.90 Å². The predicted octanol–water partition coefficient (Wildman–Crippen LogP) is 2.01. The van der Waals surface area contributed by atoms with Crippen LogP contribution in [0.15, 0.2) is 0 Å². The number of nitrogens with zero attached hydrogens (tertiary/aromatic N) is 1. The van der Waals surface area contributed by atoms with Crippen LogP contribution in [-0.2, 0) is 4.79 Å². The molecule has 1 aliphatic rings. The third-order valence-electron chi connectivity index (χ3n) is 3.81. The summed E-state index contributed by atoms with van der Waals surface area (Å²) in [5, 5.41) is 0. The average molecular weight is 226 g/mol. The summed E-state index contributed by atoms with van der Waals surface area (Å²) in [6.07, 6.45) is 5.18. The molecule has 3 unspecified atom stereocenters. The number of nitrogens with two attached hydrogens (primary N) is 1. The van der Waals surface area contributed by atoms with Crippen LogP contribution in [0.2, 0.25) is 0 Å². The van der Waals surface area contributed by atoms with Gasteiger partial charge in [0.2, 0.25) is 5.91 Å². The van der Waals surface area contributed by atoms with Gasteiger partial charge in [0.15, 0.2) is 0 Å². The second-order valence-corrected chi connectivity index (χ2v) is 5.26. The van der Waals surface area contributed by atoms with E-state index in [-0.39, 0.29) is 5.92 Å². The van der Waals surface area contributed by atoms with E-state index in [0.29, 0.717) is 17.9 Å². The molecule has 3 heteroatoms. The van der Waals surface area contributed by atoms with Crippen molar-refractivity contribution in [2.24, 2.45) is 17.6 Å². The highest BCUT2D eigenvalue weighted by atomic mass is 16.2. The minimum absolute atomic E-state index is 0.219. The smallest absolute Gasteiger partial charge is 0.225 e. The zero-order valence-electron chi connectivity index (χ0n) is 10.9. The summed E-state index contributed by atoms with van der Waals surface area (Å²) in [7, 11) is 1.93. The van der Waals surface area contributed by atoms with Crippen LogP contribution in [0.25, 0.3) is 0 Å². The second kappa shape index (κ2) is 6.24. The van der Waals surface area contributed by atoms with Gasteiger partial charge in [-0.1, -0.05) is 20.3 Å². The highest BCUT2D eigenvalue weighted by Gasteiger charge is 2.30. The molecular formula is C13H26N2O. The topological polar surface area (TPSA) is 46.3 Å². The highest BCUT2D eigenvalue weighted by molar-refractivity contribution is 5.78. The van der Waals surface area contributed by atoms with Crippen molar-refractivity contribution in [2.75, 3.05) is 13.6 Å². The molecule has 0 spiro atoms. The van der Waals surface area contributed by atoms with E-state index in [1.807, 2.05) is 11.9 Å². The number of amides is 1. The summed E-state index contributed by atoms with van der Waals surface area (Å²) in [5.74, 6) is 1.03. The Bertz CT molecular complexity index is 230. The molecule has 94 valence electrons. The summed E-state index contributed by atoms with van der Waals surface area (Å²) in [6.45, 7) is 5.21. The van der Waals surface area contributed by atoms with Crippen LogP contribution >= 0.6 is 0 Å². The fourth-order valence-electron chi connectivity index (χ4n) is 2.46. The molecule has 1 rings (SSSR count). The van der Waals surface area contributed by atoms with Gasteiger partial charge in [-0.15, -0.1) is 0 Å². The molecule has 0 aromatic carbocycles. The standard InChI is InChI=1S/C13H26N2O/c1-4-5-8-15(3)13(16)11-6-7-12(14)10(2)9-11/h10-12H,4-9,14H2,1-3H3. The Balaban J connectivity index is 2.42. The van der Waals surface area contributed by atoms with Crippen molar-refractivity contribution in [3.8, 4) is 0 Å². The van der Waals surface area contributed by atoms with Crippen LogP contribution < -0.4 is 5.73 Å². The molecule has 1 saturated carbocycles. The lowest BCUT2D eigenvalue weighted by Crippen LogP contribution is -2.41. The van der Waals surface area contributed by atoms with E-state index in [0.717, 1.165) is 38.6 Å². The minimum Gasteiger partial charge on any atom is -0.346 e. The first-order valence-corrected chi connectivity index (χ1v) is 6.56. The van der Waals surface area contributed by atoms with Crippen LogP contribution in [-0.4, -0.2) is 30.4 Å². The van der Waals surface area contributed by atoms with Crippen molar-refractivity contribution in [3.05, 3.63) is 0 Å². The van der Waals surface area contributed by atoms with Crippen molar-refractivity contribution in [1.29, 1.82) is 0 Å². The monoisotopic (exact) mass is 226 g/mol. The third-order valence-corrected chi connectivity index (χ3v) is 3.81. The molecule has 0 heterocycles. The number of carbonyl (C=O) groups excluding carboxylic acids is 1. The zero-order chi connectivity index (χ0) is 12.1. The summed E-state index contributed by atoms with van der Waals surface area (Å²) in [5.41, 5.74) is 5.97.